The molecule has 48 heavy (non-hydrogen) atoms. The summed E-state index contributed by atoms with van der Waals surface area (Å²) in [6.07, 6.45) is 1.03. The molecule has 276 valence electrons. The number of hydrogen-bond donors (Lipinski definition) is 1. The number of unbranched alkanes of at least 4 members (excludes halogenated alkanes) is 6. The van der Waals surface area contributed by atoms with Gasteiger partial charge in [0.25, 0.3) is 0 Å². The molecular weight excluding hydrogens is 674 g/mol. The zero-order valence-electron chi connectivity index (χ0n) is 29.2. The second kappa shape index (κ2) is 22.1. The van der Waals surface area contributed by atoms with Crippen molar-refractivity contribution < 1.29 is 41.3 Å². The third-order valence-corrected chi connectivity index (χ3v) is 9.47. The lowest BCUT2D eigenvalue weighted by Gasteiger charge is -2.47. The van der Waals surface area contributed by atoms with Gasteiger partial charge in [0, 0.05) is 37.0 Å². The molecule has 1 aromatic rings. The maximum absolute atomic E-state index is 15.9. The largest absolute Gasteiger partial charge is 0.469 e. The molecule has 4 unspecified atom stereocenters. The van der Waals surface area contributed by atoms with Crippen LogP contribution in [-0.4, -0.2) is 81.6 Å². The third kappa shape index (κ3) is 13.5. The summed E-state index contributed by atoms with van der Waals surface area (Å²) in [5.41, 5.74) is -0.920. The minimum absolute atomic E-state index is 0.00141. The smallest absolute Gasteiger partial charge is 0.431 e. The predicted octanol–water partition coefficient (Wildman–Crippen LogP) is 8.87. The molecule has 0 spiro atoms. The standard InChI is InChI=1S/C34H54ClF4N3O5S/c1-7-10-13-18-45-30-23-29(34(37,38)39)41(5)33(47-20-15-12-9-3)42(30)27-22-28(25(35)21-26(27)36)48-24(4)32(46-19-14-11-8-2)40-17-16-31(43)44-6/h21-24,30,32-33,40H,7-20H2,1-6H3. The van der Waals surface area contributed by atoms with Gasteiger partial charge < -0.3 is 23.8 Å². The molecule has 0 aliphatic carbocycles. The zero-order valence-corrected chi connectivity index (χ0v) is 30.7. The summed E-state index contributed by atoms with van der Waals surface area (Å²) in [7, 11) is 2.62. The van der Waals surface area contributed by atoms with Crippen LogP contribution in [0.2, 0.25) is 5.02 Å². The first-order valence-electron chi connectivity index (χ1n) is 17.0. The van der Waals surface area contributed by atoms with Gasteiger partial charge in [-0.15, -0.1) is 11.8 Å². The van der Waals surface area contributed by atoms with Crippen LogP contribution < -0.4 is 10.2 Å². The number of alkyl halides is 3. The highest BCUT2D eigenvalue weighted by atomic mass is 35.5. The Morgan fingerprint density at radius 2 is 1.60 bits per heavy atom. The first-order valence-corrected chi connectivity index (χ1v) is 18.3. The van der Waals surface area contributed by atoms with Gasteiger partial charge in [0.2, 0.25) is 6.35 Å². The van der Waals surface area contributed by atoms with Crippen LogP contribution in [-0.2, 0) is 23.7 Å². The normalized spacial score (nSPS) is 18.2. The van der Waals surface area contributed by atoms with Crippen LogP contribution in [0.5, 0.6) is 0 Å². The molecule has 1 aliphatic heterocycles. The van der Waals surface area contributed by atoms with Gasteiger partial charge in [0.1, 0.15) is 17.7 Å². The van der Waals surface area contributed by atoms with E-state index in [2.05, 4.69) is 12.2 Å². The summed E-state index contributed by atoms with van der Waals surface area (Å²) < 4.78 is 81.8. The summed E-state index contributed by atoms with van der Waals surface area (Å²) in [6.45, 7) is 9.23. The van der Waals surface area contributed by atoms with Gasteiger partial charge in [0.15, 0.2) is 6.23 Å². The molecule has 1 aromatic carbocycles. The fraction of sp³-hybridized carbons (Fsp3) is 0.735. The Morgan fingerprint density at radius 1 is 1.00 bits per heavy atom. The molecule has 0 bridgehead atoms. The van der Waals surface area contributed by atoms with Crippen molar-refractivity contribution in [3.05, 3.63) is 34.7 Å². The Balaban J connectivity index is 2.51. The minimum atomic E-state index is -4.68. The average Bonchev–Trinajstić information content (AvgIpc) is 3.04. The number of esters is 1. The van der Waals surface area contributed by atoms with Crippen molar-refractivity contribution in [2.45, 2.75) is 127 Å². The van der Waals surface area contributed by atoms with Gasteiger partial charge in [0.05, 0.1) is 30.8 Å². The van der Waals surface area contributed by atoms with Crippen LogP contribution >= 0.6 is 23.4 Å². The average molecular weight is 728 g/mol. The topological polar surface area (TPSA) is 72.5 Å². The van der Waals surface area contributed by atoms with Crippen molar-refractivity contribution in [2.75, 3.05) is 45.4 Å². The van der Waals surface area contributed by atoms with E-state index in [0.29, 0.717) is 30.9 Å². The van der Waals surface area contributed by atoms with Gasteiger partial charge in [-0.25, -0.2) is 4.39 Å². The highest BCUT2D eigenvalue weighted by molar-refractivity contribution is 8.00. The highest BCUT2D eigenvalue weighted by Crippen LogP contribution is 2.42. The number of halogens is 5. The van der Waals surface area contributed by atoms with Gasteiger partial charge in [-0.3, -0.25) is 15.0 Å². The van der Waals surface area contributed by atoms with Crippen molar-refractivity contribution >= 4 is 35.0 Å². The number of carbonyl (C=O) groups excluding carboxylic acids is 1. The Labute approximate surface area is 293 Å². The molecule has 2 rings (SSSR count). The number of rotatable bonds is 23. The molecule has 0 saturated heterocycles. The van der Waals surface area contributed by atoms with E-state index in [1.165, 1.54) is 43.0 Å². The number of ether oxygens (including phenoxy) is 4. The van der Waals surface area contributed by atoms with Crippen LogP contribution in [0.4, 0.5) is 23.2 Å². The van der Waals surface area contributed by atoms with E-state index < -0.39 is 36.5 Å². The number of thioether (sulfide) groups is 1. The lowest BCUT2D eigenvalue weighted by atomic mass is 10.2. The molecule has 1 aliphatic rings. The van der Waals surface area contributed by atoms with Crippen LogP contribution in [0.1, 0.15) is 91.9 Å². The Bertz CT molecular complexity index is 1130. The van der Waals surface area contributed by atoms with Crippen LogP contribution in [0.15, 0.2) is 28.8 Å². The van der Waals surface area contributed by atoms with Crippen LogP contribution in [0.25, 0.3) is 0 Å². The third-order valence-electron chi connectivity index (χ3n) is 7.83. The van der Waals surface area contributed by atoms with Crippen molar-refractivity contribution in [3.8, 4) is 0 Å². The van der Waals surface area contributed by atoms with Gasteiger partial charge in [-0.2, -0.15) is 13.2 Å². The quantitative estimate of drug-likeness (QED) is 0.0391. The molecule has 0 fully saturated rings. The second-order valence-electron chi connectivity index (χ2n) is 11.8. The van der Waals surface area contributed by atoms with E-state index in [1.807, 2.05) is 20.8 Å². The first-order chi connectivity index (χ1) is 22.9. The number of allylic oxidation sites excluding steroid dienone is 1. The predicted molar refractivity (Wildman–Crippen MR) is 184 cm³/mol. The van der Waals surface area contributed by atoms with E-state index in [9.17, 15) is 18.0 Å². The fourth-order valence-electron chi connectivity index (χ4n) is 5.14. The van der Waals surface area contributed by atoms with E-state index >= 15 is 4.39 Å². The number of hydrogen-bond acceptors (Lipinski definition) is 9. The van der Waals surface area contributed by atoms with E-state index in [1.54, 1.807) is 0 Å². The summed E-state index contributed by atoms with van der Waals surface area (Å²) >= 11 is 7.92. The Morgan fingerprint density at radius 3 is 2.19 bits per heavy atom. The Hall–Kier alpha value is -1.77. The van der Waals surface area contributed by atoms with Crippen molar-refractivity contribution in [1.82, 2.24) is 10.2 Å². The molecule has 1 heterocycles. The molecule has 0 saturated carbocycles. The molecule has 8 nitrogen and oxygen atoms in total. The first kappa shape index (κ1) is 42.4. The van der Waals surface area contributed by atoms with Crippen molar-refractivity contribution in [3.63, 3.8) is 0 Å². The zero-order chi connectivity index (χ0) is 35.7. The molecule has 0 aromatic heterocycles. The number of carbonyl (C=O) groups is 1. The summed E-state index contributed by atoms with van der Waals surface area (Å²) in [5.74, 6) is -1.08. The van der Waals surface area contributed by atoms with Crippen LogP contribution in [0, 0.1) is 5.82 Å². The number of nitrogens with zero attached hydrogens (tertiary/aromatic N) is 2. The number of nitrogens with one attached hydrogen (secondary N) is 1. The molecule has 4 atom stereocenters. The number of anilines is 1. The van der Waals surface area contributed by atoms with Crippen molar-refractivity contribution in [1.29, 1.82) is 0 Å². The van der Waals surface area contributed by atoms with Gasteiger partial charge >= 0.3 is 12.1 Å². The Kier molecular flexibility index (Phi) is 19.5. The molecule has 14 heteroatoms. The van der Waals surface area contributed by atoms with Gasteiger partial charge in [-0.05, 0) is 44.4 Å². The van der Waals surface area contributed by atoms with E-state index in [0.717, 1.165) is 55.9 Å². The monoisotopic (exact) mass is 727 g/mol. The summed E-state index contributed by atoms with van der Waals surface area (Å²) in [4.78, 5) is 14.6. The maximum Gasteiger partial charge on any atom is 0.431 e. The van der Waals surface area contributed by atoms with Crippen molar-refractivity contribution in [2.24, 2.45) is 0 Å². The lowest BCUT2D eigenvalue weighted by Crippen LogP contribution is -2.58. The number of methoxy groups -OCH3 is 1. The number of benzene rings is 1. The molecule has 1 N–H and O–H groups in total. The fourth-order valence-corrected chi connectivity index (χ4v) is 6.48. The molecule has 0 amide bonds. The minimum Gasteiger partial charge on any atom is -0.469 e. The van der Waals surface area contributed by atoms with E-state index in [-0.39, 0.29) is 41.6 Å². The van der Waals surface area contributed by atoms with Crippen LogP contribution in [0.3, 0.4) is 0 Å². The highest BCUT2D eigenvalue weighted by Gasteiger charge is 2.46. The maximum atomic E-state index is 15.9. The molecular formula is C34H54ClF4N3O5S. The summed E-state index contributed by atoms with van der Waals surface area (Å²) in [5, 5.41) is 3.15. The summed E-state index contributed by atoms with van der Waals surface area (Å²) in [6, 6.07) is 2.70. The SMILES string of the molecule is CCCCCOC(NCCC(=O)OC)C(C)Sc1cc(N2C(OCCCCC)C=C(C(F)(F)F)N(C)C2OCCCCC)c(F)cc1Cl. The second-order valence-corrected chi connectivity index (χ2v) is 13.6. The van der Waals surface area contributed by atoms with E-state index in [4.69, 9.17) is 30.5 Å². The molecule has 0 radical (unpaired) electrons. The lowest BCUT2D eigenvalue weighted by molar-refractivity contribution is -0.147. The van der Waals surface area contributed by atoms with Gasteiger partial charge in [-0.1, -0.05) is 70.9 Å².